The Morgan fingerprint density at radius 2 is 1.92 bits per heavy atom. The van der Waals surface area contributed by atoms with Crippen LogP contribution in [0.1, 0.15) is 63.1 Å². The molecule has 1 aromatic carbocycles. The molecule has 7 rings (SSSR count). The maximum absolute atomic E-state index is 9.00. The van der Waals surface area contributed by atoms with Crippen molar-refractivity contribution in [1.82, 2.24) is 35.3 Å². The third-order valence-electron chi connectivity index (χ3n) is 8.35. The van der Waals surface area contributed by atoms with Gasteiger partial charge in [-0.2, -0.15) is 20.4 Å². The zero-order valence-electron chi connectivity index (χ0n) is 22.2. The third-order valence-corrected chi connectivity index (χ3v) is 8.35. The Morgan fingerprint density at radius 1 is 1.08 bits per heavy atom. The second-order valence-corrected chi connectivity index (χ2v) is 11.5. The SMILES string of the molecule is Cc1cc(Nc2nc(NC3CC4CC(CCC#N)CC(C3)N4)nc3cc(-c4cnn(C5CC5)c4)ccc23)n[nH]1. The topological polar surface area (TPSA) is 132 Å². The number of fused-ring (bicyclic) bond motifs is 3. The molecule has 0 radical (unpaired) electrons. The van der Waals surface area contributed by atoms with Gasteiger partial charge in [-0.1, -0.05) is 6.07 Å². The van der Waals surface area contributed by atoms with Crippen LogP contribution in [-0.4, -0.2) is 48.1 Å². The van der Waals surface area contributed by atoms with E-state index in [9.17, 15) is 0 Å². The summed E-state index contributed by atoms with van der Waals surface area (Å²) in [5, 5.41) is 32.8. The van der Waals surface area contributed by atoms with E-state index < -0.39 is 0 Å². The molecule has 10 heteroatoms. The molecule has 4 aromatic rings. The fourth-order valence-electron chi connectivity index (χ4n) is 6.39. The summed E-state index contributed by atoms with van der Waals surface area (Å²) in [6.45, 7) is 1.98. The molecule has 4 N–H and O–H groups in total. The van der Waals surface area contributed by atoms with Crippen molar-refractivity contribution in [3.8, 4) is 17.2 Å². The highest BCUT2D eigenvalue weighted by molar-refractivity contribution is 5.94. The van der Waals surface area contributed by atoms with E-state index in [2.05, 4.69) is 66.4 Å². The van der Waals surface area contributed by atoms with Crippen LogP contribution >= 0.6 is 0 Å². The van der Waals surface area contributed by atoms with Crippen LogP contribution in [0.15, 0.2) is 36.7 Å². The molecule has 1 aliphatic carbocycles. The van der Waals surface area contributed by atoms with Crippen LogP contribution in [0.5, 0.6) is 0 Å². The number of rotatable bonds is 8. The first-order chi connectivity index (χ1) is 19.1. The molecule has 5 heterocycles. The van der Waals surface area contributed by atoms with E-state index in [0.717, 1.165) is 71.5 Å². The highest BCUT2D eigenvalue weighted by Gasteiger charge is 2.35. The van der Waals surface area contributed by atoms with Gasteiger partial charge in [-0.25, -0.2) is 4.98 Å². The average Bonchev–Trinajstić information content (AvgIpc) is 3.50. The molecule has 39 heavy (non-hydrogen) atoms. The number of benzene rings is 1. The number of hydrogen-bond donors (Lipinski definition) is 4. The largest absolute Gasteiger partial charge is 0.351 e. The summed E-state index contributed by atoms with van der Waals surface area (Å²) in [6, 6.07) is 12.4. The minimum Gasteiger partial charge on any atom is -0.351 e. The molecule has 2 atom stereocenters. The monoisotopic (exact) mass is 522 g/mol. The van der Waals surface area contributed by atoms with Gasteiger partial charge in [0.05, 0.1) is 23.8 Å². The van der Waals surface area contributed by atoms with Crippen molar-refractivity contribution in [3.05, 3.63) is 42.4 Å². The van der Waals surface area contributed by atoms with Crippen molar-refractivity contribution in [3.63, 3.8) is 0 Å². The van der Waals surface area contributed by atoms with Crippen LogP contribution in [0.3, 0.4) is 0 Å². The molecule has 1 saturated carbocycles. The Balaban J connectivity index is 1.17. The number of nitriles is 1. The number of aromatic amines is 1. The molecule has 3 aliphatic rings. The molecule has 0 amide bonds. The highest BCUT2D eigenvalue weighted by Crippen LogP contribution is 2.37. The van der Waals surface area contributed by atoms with Gasteiger partial charge >= 0.3 is 0 Å². The standard InChI is InChI=1S/C29H34N10/c1-17-9-27(38-37-17)35-28-25-7-4-19(20-15-31-39(16-20)24-5-6-24)12-26(25)34-29(36-28)33-23-13-21-10-18(3-2-8-30)11-22(14-23)32-21/h4,7,9,12,15-16,18,21-24,32H,2-3,5-6,10-11,13-14H2,1H3,(H3,33,34,35,36,37,38). The third kappa shape index (κ3) is 5.19. The lowest BCUT2D eigenvalue weighted by Crippen LogP contribution is -2.54. The van der Waals surface area contributed by atoms with Crippen molar-refractivity contribution < 1.29 is 0 Å². The number of aromatic nitrogens is 6. The fourth-order valence-corrected chi connectivity index (χ4v) is 6.39. The molecule has 2 aliphatic heterocycles. The summed E-state index contributed by atoms with van der Waals surface area (Å²) in [6.07, 6.45) is 12.5. The zero-order chi connectivity index (χ0) is 26.3. The van der Waals surface area contributed by atoms with Gasteiger partial charge in [-0.3, -0.25) is 9.78 Å². The second-order valence-electron chi connectivity index (χ2n) is 11.5. The van der Waals surface area contributed by atoms with Crippen molar-refractivity contribution in [2.24, 2.45) is 5.92 Å². The quantitative estimate of drug-likeness (QED) is 0.248. The molecule has 2 saturated heterocycles. The summed E-state index contributed by atoms with van der Waals surface area (Å²) in [7, 11) is 0. The molecule has 3 fully saturated rings. The van der Waals surface area contributed by atoms with E-state index in [4.69, 9.17) is 15.2 Å². The second kappa shape index (κ2) is 9.97. The first kappa shape index (κ1) is 24.1. The van der Waals surface area contributed by atoms with E-state index in [-0.39, 0.29) is 0 Å². The lowest BCUT2D eigenvalue weighted by atomic mass is 9.77. The fraction of sp³-hybridized carbons (Fsp3) is 0.483. The van der Waals surface area contributed by atoms with Gasteiger partial charge in [0.1, 0.15) is 5.82 Å². The maximum Gasteiger partial charge on any atom is 0.225 e. The highest BCUT2D eigenvalue weighted by atomic mass is 15.3. The van der Waals surface area contributed by atoms with Crippen molar-refractivity contribution in [2.45, 2.75) is 82.5 Å². The molecular formula is C29H34N10. The Bertz CT molecular complexity index is 1510. The number of aryl methyl sites for hydroxylation is 1. The molecule has 10 nitrogen and oxygen atoms in total. The van der Waals surface area contributed by atoms with Gasteiger partial charge < -0.3 is 16.0 Å². The van der Waals surface area contributed by atoms with E-state index >= 15 is 0 Å². The number of H-pyrrole nitrogens is 1. The lowest BCUT2D eigenvalue weighted by Gasteiger charge is -2.43. The Labute approximate surface area is 227 Å². The molecule has 2 bridgehead atoms. The normalized spacial score (nSPS) is 24.4. The van der Waals surface area contributed by atoms with E-state index in [1.165, 1.54) is 12.8 Å². The summed E-state index contributed by atoms with van der Waals surface area (Å²) in [5.74, 6) is 2.75. The average molecular weight is 523 g/mol. The number of hydrogen-bond acceptors (Lipinski definition) is 8. The van der Waals surface area contributed by atoms with Crippen LogP contribution in [0.2, 0.25) is 0 Å². The number of nitrogens with zero attached hydrogens (tertiary/aromatic N) is 6. The zero-order valence-corrected chi connectivity index (χ0v) is 22.2. The van der Waals surface area contributed by atoms with E-state index in [1.807, 2.05) is 19.2 Å². The van der Waals surface area contributed by atoms with Gasteiger partial charge in [0.15, 0.2) is 5.82 Å². The van der Waals surface area contributed by atoms with Gasteiger partial charge in [0.2, 0.25) is 5.95 Å². The molecule has 200 valence electrons. The molecule has 3 aromatic heterocycles. The van der Waals surface area contributed by atoms with Crippen molar-refractivity contribution in [2.75, 3.05) is 10.6 Å². The predicted octanol–water partition coefficient (Wildman–Crippen LogP) is 5.22. The van der Waals surface area contributed by atoms with Gasteiger partial charge in [0.25, 0.3) is 0 Å². The Hall–Kier alpha value is -3.97. The summed E-state index contributed by atoms with van der Waals surface area (Å²) in [4.78, 5) is 9.92. The van der Waals surface area contributed by atoms with Crippen molar-refractivity contribution in [1.29, 1.82) is 5.26 Å². The number of nitrogens with one attached hydrogen (secondary N) is 4. The predicted molar refractivity (Wildman–Crippen MR) is 151 cm³/mol. The maximum atomic E-state index is 9.00. The van der Waals surface area contributed by atoms with Crippen molar-refractivity contribution >= 4 is 28.5 Å². The minimum atomic E-state index is 0.302. The Kier molecular flexibility index (Phi) is 6.16. The van der Waals surface area contributed by atoms with Crippen LogP contribution in [0.25, 0.3) is 22.0 Å². The summed E-state index contributed by atoms with van der Waals surface area (Å²) < 4.78 is 2.08. The smallest absolute Gasteiger partial charge is 0.225 e. The van der Waals surface area contributed by atoms with Crippen LogP contribution in [0.4, 0.5) is 17.6 Å². The van der Waals surface area contributed by atoms with Crippen LogP contribution in [-0.2, 0) is 0 Å². The van der Waals surface area contributed by atoms with Crippen LogP contribution < -0.4 is 16.0 Å². The summed E-state index contributed by atoms with van der Waals surface area (Å²) >= 11 is 0. The molecule has 0 spiro atoms. The van der Waals surface area contributed by atoms with E-state index in [1.54, 1.807) is 0 Å². The Morgan fingerprint density at radius 3 is 2.67 bits per heavy atom. The van der Waals surface area contributed by atoms with E-state index in [0.29, 0.717) is 42.5 Å². The molecular weight excluding hydrogens is 488 g/mol. The van der Waals surface area contributed by atoms with Crippen LogP contribution in [0, 0.1) is 24.2 Å². The first-order valence-electron chi connectivity index (χ1n) is 14.1. The van der Waals surface area contributed by atoms with Gasteiger partial charge in [-0.15, -0.1) is 0 Å². The number of piperidine rings is 2. The number of anilines is 3. The van der Waals surface area contributed by atoms with Gasteiger partial charge in [-0.05, 0) is 75.5 Å². The first-order valence-corrected chi connectivity index (χ1v) is 14.1. The summed E-state index contributed by atoms with van der Waals surface area (Å²) in [5.41, 5.74) is 4.06. The minimum absolute atomic E-state index is 0.302. The van der Waals surface area contributed by atoms with Gasteiger partial charge in [0, 0.05) is 53.5 Å². The lowest BCUT2D eigenvalue weighted by molar-refractivity contribution is 0.171. The molecule has 2 unspecified atom stereocenters.